The Morgan fingerprint density at radius 3 is 2.68 bits per heavy atom. The van der Waals surface area contributed by atoms with Gasteiger partial charge in [-0.1, -0.05) is 26.8 Å². The molecular formula is C22H29N3O6. The first-order chi connectivity index (χ1) is 14.5. The van der Waals surface area contributed by atoms with Crippen molar-refractivity contribution >= 4 is 29.5 Å². The van der Waals surface area contributed by atoms with Crippen molar-refractivity contribution in [3.05, 3.63) is 24.3 Å². The summed E-state index contributed by atoms with van der Waals surface area (Å²) in [5.41, 5.74) is -0.595. The van der Waals surface area contributed by atoms with Gasteiger partial charge in [-0.3, -0.25) is 19.3 Å². The summed E-state index contributed by atoms with van der Waals surface area (Å²) in [6, 6.07) is 6.13. The maximum absolute atomic E-state index is 13.0. The third kappa shape index (κ3) is 5.15. The Kier molecular flexibility index (Phi) is 6.24. The van der Waals surface area contributed by atoms with E-state index in [0.29, 0.717) is 24.3 Å². The van der Waals surface area contributed by atoms with Crippen LogP contribution < -0.4 is 15.4 Å². The fraction of sp³-hybridized carbons (Fsp3) is 0.545. The molecule has 3 rings (SSSR count). The average molecular weight is 431 g/mol. The Bertz CT molecular complexity index is 899. The minimum absolute atomic E-state index is 0.102. The topological polar surface area (TPSA) is 114 Å². The van der Waals surface area contributed by atoms with E-state index >= 15 is 0 Å². The largest absolute Gasteiger partial charge is 0.497 e. The normalized spacial score (nSPS) is 24.6. The van der Waals surface area contributed by atoms with Crippen molar-refractivity contribution in [1.29, 1.82) is 0 Å². The van der Waals surface area contributed by atoms with E-state index in [2.05, 4.69) is 31.4 Å². The number of carbonyl (C=O) groups is 4. The quantitative estimate of drug-likeness (QED) is 0.528. The van der Waals surface area contributed by atoms with Gasteiger partial charge in [0.1, 0.15) is 17.8 Å². The molecule has 1 aromatic rings. The van der Waals surface area contributed by atoms with Crippen LogP contribution in [0.1, 0.15) is 40.0 Å². The lowest BCUT2D eigenvalue weighted by Crippen LogP contribution is -2.54. The lowest BCUT2D eigenvalue weighted by Gasteiger charge is -2.43. The molecule has 2 N–H and O–H groups in total. The predicted octanol–water partition coefficient (Wildman–Crippen LogP) is 2.31. The van der Waals surface area contributed by atoms with Crippen LogP contribution in [0, 0.1) is 11.3 Å². The number of nitrogens with one attached hydrogen (secondary N) is 2. The highest BCUT2D eigenvalue weighted by Crippen LogP contribution is 2.46. The average Bonchev–Trinajstić information content (AvgIpc) is 2.88. The van der Waals surface area contributed by atoms with Gasteiger partial charge in [0.05, 0.1) is 7.11 Å². The highest BCUT2D eigenvalue weighted by Gasteiger charge is 2.56. The number of carbonyl (C=O) groups excluding carboxylic acids is 4. The van der Waals surface area contributed by atoms with Crippen molar-refractivity contribution in [3.8, 4) is 5.75 Å². The van der Waals surface area contributed by atoms with Gasteiger partial charge < -0.3 is 20.1 Å². The second kappa shape index (κ2) is 8.56. The summed E-state index contributed by atoms with van der Waals surface area (Å²) < 4.78 is 10.1. The Labute approximate surface area is 181 Å². The number of imide groups is 1. The van der Waals surface area contributed by atoms with Crippen LogP contribution in [0.2, 0.25) is 0 Å². The van der Waals surface area contributed by atoms with Crippen molar-refractivity contribution < 1.29 is 28.7 Å². The van der Waals surface area contributed by atoms with Crippen LogP contribution in [0.15, 0.2) is 24.3 Å². The van der Waals surface area contributed by atoms with Crippen LogP contribution in [-0.2, 0) is 19.1 Å². The Balaban J connectivity index is 1.55. The molecule has 1 aliphatic carbocycles. The molecule has 1 saturated carbocycles. The molecule has 1 heterocycles. The van der Waals surface area contributed by atoms with E-state index in [1.54, 1.807) is 24.3 Å². The molecule has 1 spiro atoms. The van der Waals surface area contributed by atoms with Gasteiger partial charge in [-0.2, -0.15) is 0 Å². The highest BCUT2D eigenvalue weighted by molar-refractivity contribution is 6.09. The van der Waals surface area contributed by atoms with Crippen molar-refractivity contribution in [2.75, 3.05) is 25.6 Å². The minimum Gasteiger partial charge on any atom is -0.497 e. The van der Waals surface area contributed by atoms with E-state index in [0.717, 1.165) is 11.3 Å². The summed E-state index contributed by atoms with van der Waals surface area (Å²) in [5.74, 6) is -0.944. The molecule has 0 unspecified atom stereocenters. The molecule has 4 amide bonds. The van der Waals surface area contributed by atoms with Crippen LogP contribution in [0.4, 0.5) is 10.5 Å². The summed E-state index contributed by atoms with van der Waals surface area (Å²) in [6.45, 7) is 5.13. The van der Waals surface area contributed by atoms with Crippen LogP contribution in [-0.4, -0.2) is 54.5 Å². The number of methoxy groups -OCH3 is 1. The van der Waals surface area contributed by atoms with E-state index in [4.69, 9.17) is 9.47 Å². The number of urea groups is 1. The van der Waals surface area contributed by atoms with Crippen LogP contribution >= 0.6 is 0 Å². The highest BCUT2D eigenvalue weighted by atomic mass is 16.5. The van der Waals surface area contributed by atoms with Gasteiger partial charge in [-0.15, -0.1) is 0 Å². The van der Waals surface area contributed by atoms with E-state index in [9.17, 15) is 19.2 Å². The third-order valence-corrected chi connectivity index (χ3v) is 5.63. The maximum atomic E-state index is 13.0. The number of benzene rings is 1. The Morgan fingerprint density at radius 1 is 1.26 bits per heavy atom. The first-order valence-corrected chi connectivity index (χ1v) is 10.3. The fourth-order valence-electron chi connectivity index (χ4n) is 4.87. The zero-order valence-corrected chi connectivity index (χ0v) is 18.3. The SMILES string of the molecule is COc1cccc(NC(=O)COC(=O)CN2C(=O)N[C@@]3(C[C@@H](C)CC(C)(C)C3)C2=O)c1. The molecule has 1 aliphatic heterocycles. The van der Waals surface area contributed by atoms with Gasteiger partial charge in [0.15, 0.2) is 6.61 Å². The molecule has 9 heteroatoms. The summed E-state index contributed by atoms with van der Waals surface area (Å²) in [5, 5.41) is 5.39. The Morgan fingerprint density at radius 2 is 2.00 bits per heavy atom. The number of anilines is 1. The number of hydrogen-bond acceptors (Lipinski definition) is 6. The molecule has 168 valence electrons. The van der Waals surface area contributed by atoms with E-state index in [1.165, 1.54) is 7.11 Å². The smallest absolute Gasteiger partial charge is 0.326 e. The molecule has 0 bridgehead atoms. The molecule has 2 fully saturated rings. The van der Waals surface area contributed by atoms with Crippen LogP contribution in [0.3, 0.4) is 0 Å². The van der Waals surface area contributed by atoms with Crippen molar-refractivity contribution in [1.82, 2.24) is 10.2 Å². The summed E-state index contributed by atoms with van der Waals surface area (Å²) >= 11 is 0. The number of ether oxygens (including phenoxy) is 2. The summed E-state index contributed by atoms with van der Waals surface area (Å²) in [6.07, 6.45) is 2.02. The zero-order chi connectivity index (χ0) is 22.8. The summed E-state index contributed by atoms with van der Waals surface area (Å²) in [7, 11) is 1.51. The van der Waals surface area contributed by atoms with Crippen molar-refractivity contribution in [2.45, 2.75) is 45.6 Å². The van der Waals surface area contributed by atoms with Crippen molar-refractivity contribution in [2.24, 2.45) is 11.3 Å². The maximum Gasteiger partial charge on any atom is 0.326 e. The molecule has 0 radical (unpaired) electrons. The monoisotopic (exact) mass is 431 g/mol. The number of rotatable bonds is 6. The zero-order valence-electron chi connectivity index (χ0n) is 18.3. The van der Waals surface area contributed by atoms with Gasteiger partial charge in [-0.05, 0) is 42.7 Å². The number of esters is 1. The van der Waals surface area contributed by atoms with Gasteiger partial charge in [0, 0.05) is 11.8 Å². The molecule has 9 nitrogen and oxygen atoms in total. The first kappa shape index (κ1) is 22.6. The molecule has 2 atom stereocenters. The van der Waals surface area contributed by atoms with E-state index in [-0.39, 0.29) is 11.3 Å². The predicted molar refractivity (Wildman–Crippen MR) is 112 cm³/mol. The molecule has 1 aromatic carbocycles. The van der Waals surface area contributed by atoms with E-state index < -0.39 is 42.5 Å². The summed E-state index contributed by atoms with van der Waals surface area (Å²) in [4.78, 5) is 50.6. The van der Waals surface area contributed by atoms with Crippen LogP contribution in [0.5, 0.6) is 5.75 Å². The molecule has 2 aliphatic rings. The molecule has 1 saturated heterocycles. The lowest BCUT2D eigenvalue weighted by atomic mass is 9.64. The number of hydrogen-bond donors (Lipinski definition) is 2. The number of amides is 4. The number of nitrogens with zero attached hydrogens (tertiary/aromatic N) is 1. The minimum atomic E-state index is -0.984. The van der Waals surface area contributed by atoms with Crippen LogP contribution in [0.25, 0.3) is 0 Å². The van der Waals surface area contributed by atoms with Crippen molar-refractivity contribution in [3.63, 3.8) is 0 Å². The second-order valence-corrected chi connectivity index (χ2v) is 9.20. The second-order valence-electron chi connectivity index (χ2n) is 9.20. The molecule has 0 aromatic heterocycles. The van der Waals surface area contributed by atoms with Gasteiger partial charge in [0.25, 0.3) is 11.8 Å². The molecular weight excluding hydrogens is 402 g/mol. The van der Waals surface area contributed by atoms with E-state index in [1.807, 2.05) is 0 Å². The Hall–Kier alpha value is -3.10. The van der Waals surface area contributed by atoms with Gasteiger partial charge >= 0.3 is 12.0 Å². The first-order valence-electron chi connectivity index (χ1n) is 10.3. The van der Waals surface area contributed by atoms with Gasteiger partial charge in [-0.25, -0.2) is 4.79 Å². The lowest BCUT2D eigenvalue weighted by molar-refractivity contribution is -0.150. The van der Waals surface area contributed by atoms with Gasteiger partial charge in [0.2, 0.25) is 0 Å². The standard InChI is InChI=1S/C22H29N3O6/c1-14-9-21(2,3)13-22(10-14)19(28)25(20(29)24-22)11-18(27)31-12-17(26)23-15-6-5-7-16(8-15)30-4/h5-8,14H,9-13H2,1-4H3,(H,23,26)(H,24,29)/t14-,22+/m0/s1. The third-order valence-electron chi connectivity index (χ3n) is 5.63. The fourth-order valence-corrected chi connectivity index (χ4v) is 4.87. The molecule has 31 heavy (non-hydrogen) atoms.